The number of rotatable bonds is 9. The Labute approximate surface area is 155 Å². The monoisotopic (exact) mass is 383 g/mol. The normalized spacial score (nSPS) is 19.9. The Morgan fingerprint density at radius 3 is 2.62 bits per heavy atom. The molecule has 1 aliphatic heterocycles. The van der Waals surface area contributed by atoms with Crippen LogP contribution >= 0.6 is 0 Å². The second kappa shape index (κ2) is 8.94. The number of hydrogen-bond acceptors (Lipinski definition) is 5. The van der Waals surface area contributed by atoms with Gasteiger partial charge in [0.1, 0.15) is 0 Å². The molecule has 146 valence electrons. The van der Waals surface area contributed by atoms with Crippen LogP contribution in [0.4, 0.5) is 0 Å². The van der Waals surface area contributed by atoms with Crippen molar-refractivity contribution in [1.82, 2.24) is 10.0 Å². The maximum atomic E-state index is 12.3. The van der Waals surface area contributed by atoms with Crippen molar-refractivity contribution in [2.24, 2.45) is 5.73 Å². The summed E-state index contributed by atoms with van der Waals surface area (Å²) in [6.45, 7) is 4.96. The standard InChI is InChI=1S/C18H29N3O4S/c1-3-10-18(2,19)17(22)20-12-14-6-8-16(9-7-14)26(23,24)21-13-15-5-4-11-25-15/h6-9,15,21H,3-5,10-13,19H2,1-2H3,(H,20,22). The third kappa shape index (κ3) is 5.77. The molecule has 0 radical (unpaired) electrons. The van der Waals surface area contributed by atoms with Gasteiger partial charge in [-0.15, -0.1) is 0 Å². The van der Waals surface area contributed by atoms with Gasteiger partial charge >= 0.3 is 0 Å². The minimum absolute atomic E-state index is 0.0482. The van der Waals surface area contributed by atoms with Crippen LogP contribution in [0.3, 0.4) is 0 Å². The molecular formula is C18H29N3O4S. The summed E-state index contributed by atoms with van der Waals surface area (Å²) >= 11 is 0. The number of nitrogens with two attached hydrogens (primary N) is 1. The summed E-state index contributed by atoms with van der Waals surface area (Å²) in [6.07, 6.45) is 3.22. The Balaban J connectivity index is 1.89. The van der Waals surface area contributed by atoms with E-state index in [1.54, 1.807) is 19.1 Å². The van der Waals surface area contributed by atoms with Crippen molar-refractivity contribution in [3.8, 4) is 0 Å². The van der Waals surface area contributed by atoms with Gasteiger partial charge in [-0.05, 0) is 43.9 Å². The largest absolute Gasteiger partial charge is 0.377 e. The Bertz CT molecular complexity index is 696. The van der Waals surface area contributed by atoms with Crippen molar-refractivity contribution in [1.29, 1.82) is 0 Å². The average Bonchev–Trinajstić information content (AvgIpc) is 3.12. The third-order valence-electron chi connectivity index (χ3n) is 4.50. The maximum absolute atomic E-state index is 12.3. The van der Waals surface area contributed by atoms with Crippen molar-refractivity contribution in [2.45, 2.75) is 62.6 Å². The van der Waals surface area contributed by atoms with E-state index < -0.39 is 15.6 Å². The lowest BCUT2D eigenvalue weighted by Crippen LogP contribution is -2.51. The number of hydrogen-bond donors (Lipinski definition) is 3. The Hall–Kier alpha value is -1.48. The molecular weight excluding hydrogens is 354 g/mol. The van der Waals surface area contributed by atoms with Crippen LogP contribution in [-0.2, 0) is 26.1 Å². The smallest absolute Gasteiger partial charge is 0.240 e. The highest BCUT2D eigenvalue weighted by atomic mass is 32.2. The predicted molar refractivity (Wildman–Crippen MR) is 100.0 cm³/mol. The van der Waals surface area contributed by atoms with Crippen LogP contribution in [0.2, 0.25) is 0 Å². The van der Waals surface area contributed by atoms with Gasteiger partial charge in [0.25, 0.3) is 0 Å². The summed E-state index contributed by atoms with van der Waals surface area (Å²) in [7, 11) is -3.56. The van der Waals surface area contributed by atoms with E-state index in [1.165, 1.54) is 12.1 Å². The SMILES string of the molecule is CCCC(C)(N)C(=O)NCc1ccc(S(=O)(=O)NCC2CCCO2)cc1. The van der Waals surface area contributed by atoms with Crippen molar-refractivity contribution in [3.63, 3.8) is 0 Å². The summed E-state index contributed by atoms with van der Waals surface area (Å²) < 4.78 is 32.6. The highest BCUT2D eigenvalue weighted by Crippen LogP contribution is 2.14. The van der Waals surface area contributed by atoms with E-state index in [4.69, 9.17) is 10.5 Å². The first kappa shape index (κ1) is 20.8. The minimum Gasteiger partial charge on any atom is -0.377 e. The molecule has 2 unspecified atom stereocenters. The zero-order valence-electron chi connectivity index (χ0n) is 15.5. The van der Waals surface area contributed by atoms with Gasteiger partial charge in [0, 0.05) is 19.7 Å². The molecule has 2 rings (SSSR count). The molecule has 0 aromatic heterocycles. The predicted octanol–water partition coefficient (Wildman–Crippen LogP) is 1.28. The molecule has 1 aromatic carbocycles. The van der Waals surface area contributed by atoms with Crippen LogP contribution in [0, 0.1) is 0 Å². The van der Waals surface area contributed by atoms with E-state index >= 15 is 0 Å². The summed E-state index contributed by atoms with van der Waals surface area (Å²) in [5.41, 5.74) is 5.90. The lowest BCUT2D eigenvalue weighted by atomic mass is 9.96. The quantitative estimate of drug-likeness (QED) is 0.595. The molecule has 26 heavy (non-hydrogen) atoms. The van der Waals surface area contributed by atoms with E-state index in [0.29, 0.717) is 19.6 Å². The second-order valence-electron chi connectivity index (χ2n) is 6.98. The number of ether oxygens (including phenoxy) is 1. The van der Waals surface area contributed by atoms with Crippen LogP contribution in [0.15, 0.2) is 29.2 Å². The molecule has 0 bridgehead atoms. The molecule has 8 heteroatoms. The lowest BCUT2D eigenvalue weighted by Gasteiger charge is -2.22. The van der Waals surface area contributed by atoms with Gasteiger partial charge in [0.2, 0.25) is 15.9 Å². The summed E-state index contributed by atoms with van der Waals surface area (Å²) in [6, 6.07) is 6.45. The first-order valence-electron chi connectivity index (χ1n) is 9.02. The number of sulfonamides is 1. The molecule has 1 saturated heterocycles. The van der Waals surface area contributed by atoms with Gasteiger partial charge in [-0.25, -0.2) is 13.1 Å². The molecule has 0 aliphatic carbocycles. The van der Waals surface area contributed by atoms with Crippen molar-refractivity contribution in [2.75, 3.05) is 13.2 Å². The van der Waals surface area contributed by atoms with Gasteiger partial charge in [-0.1, -0.05) is 25.5 Å². The number of carbonyl (C=O) groups is 1. The van der Waals surface area contributed by atoms with Gasteiger partial charge in [0.15, 0.2) is 0 Å². The third-order valence-corrected chi connectivity index (χ3v) is 5.94. The van der Waals surface area contributed by atoms with E-state index in [2.05, 4.69) is 10.0 Å². The molecule has 1 heterocycles. The Morgan fingerprint density at radius 2 is 2.04 bits per heavy atom. The first-order valence-corrected chi connectivity index (χ1v) is 10.5. The van der Waals surface area contributed by atoms with Crippen LogP contribution in [0.5, 0.6) is 0 Å². The van der Waals surface area contributed by atoms with E-state index in [0.717, 1.165) is 24.8 Å². The highest BCUT2D eigenvalue weighted by Gasteiger charge is 2.26. The van der Waals surface area contributed by atoms with Crippen LogP contribution in [0.1, 0.15) is 45.1 Å². The highest BCUT2D eigenvalue weighted by molar-refractivity contribution is 7.89. The summed E-state index contributed by atoms with van der Waals surface area (Å²) in [4.78, 5) is 12.3. The number of carbonyl (C=O) groups excluding carboxylic acids is 1. The van der Waals surface area contributed by atoms with Gasteiger partial charge in [-0.2, -0.15) is 0 Å². The van der Waals surface area contributed by atoms with Crippen molar-refractivity contribution in [3.05, 3.63) is 29.8 Å². The Morgan fingerprint density at radius 1 is 1.35 bits per heavy atom. The van der Waals surface area contributed by atoms with Gasteiger partial charge < -0.3 is 15.8 Å². The maximum Gasteiger partial charge on any atom is 0.240 e. The minimum atomic E-state index is -3.56. The van der Waals surface area contributed by atoms with Crippen molar-refractivity contribution >= 4 is 15.9 Å². The average molecular weight is 384 g/mol. The Kier molecular flexibility index (Phi) is 7.16. The molecule has 0 saturated carbocycles. The van der Waals surface area contributed by atoms with E-state index in [9.17, 15) is 13.2 Å². The molecule has 1 amide bonds. The first-order chi connectivity index (χ1) is 12.2. The van der Waals surface area contributed by atoms with E-state index in [-0.39, 0.29) is 23.5 Å². The van der Waals surface area contributed by atoms with Gasteiger partial charge in [0.05, 0.1) is 16.5 Å². The molecule has 0 spiro atoms. The number of benzene rings is 1. The van der Waals surface area contributed by atoms with Gasteiger partial charge in [-0.3, -0.25) is 4.79 Å². The fraction of sp³-hybridized carbons (Fsp3) is 0.611. The number of nitrogens with one attached hydrogen (secondary N) is 2. The summed E-state index contributed by atoms with van der Waals surface area (Å²) in [5.74, 6) is -0.214. The number of amides is 1. The topological polar surface area (TPSA) is 111 Å². The lowest BCUT2D eigenvalue weighted by molar-refractivity contribution is -0.126. The van der Waals surface area contributed by atoms with Crippen LogP contribution in [-0.4, -0.2) is 39.1 Å². The molecule has 2 atom stereocenters. The van der Waals surface area contributed by atoms with E-state index in [1.807, 2.05) is 6.92 Å². The molecule has 1 aliphatic rings. The van der Waals surface area contributed by atoms with Crippen LogP contribution in [0.25, 0.3) is 0 Å². The zero-order chi connectivity index (χ0) is 19.2. The molecule has 1 fully saturated rings. The fourth-order valence-electron chi connectivity index (χ4n) is 2.89. The fourth-order valence-corrected chi connectivity index (χ4v) is 3.96. The van der Waals surface area contributed by atoms with Crippen LogP contribution < -0.4 is 15.8 Å². The zero-order valence-corrected chi connectivity index (χ0v) is 16.3. The second-order valence-corrected chi connectivity index (χ2v) is 8.75. The molecule has 4 N–H and O–H groups in total. The van der Waals surface area contributed by atoms with Crippen molar-refractivity contribution < 1.29 is 17.9 Å². The molecule has 7 nitrogen and oxygen atoms in total. The summed E-state index contributed by atoms with van der Waals surface area (Å²) in [5, 5.41) is 2.80. The molecule has 1 aromatic rings.